The molecule has 2 N–H and O–H groups in total. The topological polar surface area (TPSA) is 61.5 Å². The van der Waals surface area contributed by atoms with Crippen LogP contribution in [0.1, 0.15) is 87.5 Å². The predicted octanol–water partition coefficient (Wildman–Crippen LogP) is 3.47. The number of ether oxygens (including phenoxy) is 2. The van der Waals surface area contributed by atoms with Gasteiger partial charge in [-0.1, -0.05) is 55.5 Å². The Bertz CT molecular complexity index is 1540. The summed E-state index contributed by atoms with van der Waals surface area (Å²) >= 11 is 0. The van der Waals surface area contributed by atoms with Crippen LogP contribution in [0, 0.1) is 0 Å². The number of rotatable bonds is 18. The van der Waals surface area contributed by atoms with Gasteiger partial charge in [-0.05, 0) is 101 Å². The van der Waals surface area contributed by atoms with E-state index in [1.54, 1.807) is 0 Å². The van der Waals surface area contributed by atoms with Crippen molar-refractivity contribution in [1.82, 2.24) is 0 Å². The van der Waals surface area contributed by atoms with Crippen molar-refractivity contribution in [3.8, 4) is 11.5 Å². The van der Waals surface area contributed by atoms with E-state index >= 15 is 0 Å². The molecule has 0 aliphatic rings. The number of anilines is 1. The highest BCUT2D eigenvalue weighted by molar-refractivity contribution is 5.95. The third-order valence-corrected chi connectivity index (χ3v) is 10.4. The Morgan fingerprint density at radius 3 is 1.18 bits per heavy atom. The minimum absolute atomic E-state index is 0. The fraction of sp³-hybridized carbons (Fsp3) is 0.419. The van der Waals surface area contributed by atoms with Crippen LogP contribution < -0.4 is 49.2 Å². The van der Waals surface area contributed by atoms with Crippen LogP contribution in [0.3, 0.4) is 0 Å². The minimum Gasteiger partial charge on any atom is -1.00 e. The molecule has 0 saturated carbocycles. The van der Waals surface area contributed by atoms with E-state index in [2.05, 4.69) is 90.1 Å². The van der Waals surface area contributed by atoms with E-state index in [0.29, 0.717) is 19.6 Å². The summed E-state index contributed by atoms with van der Waals surface area (Å²) < 4.78 is 14.1. The molecular formula is C43H61Br2N3O3. The molecule has 0 radical (unpaired) electrons. The number of nitrogen functional groups attached to an aromatic ring is 1. The van der Waals surface area contributed by atoms with Crippen molar-refractivity contribution in [2.24, 2.45) is 0 Å². The highest BCUT2D eigenvalue weighted by atomic mass is 79.9. The number of nitrogens with two attached hydrogens (primary N) is 1. The number of nitrogens with zero attached hydrogens (tertiary/aromatic N) is 2. The number of halogens is 2. The molecule has 0 bridgehead atoms. The van der Waals surface area contributed by atoms with E-state index < -0.39 is 0 Å². The lowest BCUT2D eigenvalue weighted by molar-refractivity contribution is -0.936. The van der Waals surface area contributed by atoms with E-state index in [1.807, 2.05) is 55.5 Å². The molecule has 6 nitrogen and oxygen atoms in total. The second-order valence-corrected chi connectivity index (χ2v) is 12.9. The van der Waals surface area contributed by atoms with Crippen molar-refractivity contribution in [2.75, 3.05) is 45.0 Å². The first-order valence-electron chi connectivity index (χ1n) is 18.3. The molecule has 0 aliphatic carbocycles. The summed E-state index contributed by atoms with van der Waals surface area (Å²) in [5.74, 6) is 1.82. The van der Waals surface area contributed by atoms with E-state index in [9.17, 15) is 4.79 Å². The number of carbonyl (C=O) groups excluding carboxylic acids is 1. The smallest absolute Gasteiger partial charge is 0.162 e. The van der Waals surface area contributed by atoms with Gasteiger partial charge in [0.2, 0.25) is 0 Å². The van der Waals surface area contributed by atoms with Crippen LogP contribution in [-0.4, -0.2) is 54.0 Å². The molecule has 51 heavy (non-hydrogen) atoms. The summed E-state index contributed by atoms with van der Waals surface area (Å²) in [6, 6.07) is 32.2. The van der Waals surface area contributed by atoms with Gasteiger partial charge in [-0.3, -0.25) is 4.79 Å². The van der Waals surface area contributed by atoms with Gasteiger partial charge in [0.05, 0.1) is 39.3 Å². The van der Waals surface area contributed by atoms with Gasteiger partial charge in [0.1, 0.15) is 37.8 Å². The van der Waals surface area contributed by atoms with Crippen molar-refractivity contribution in [1.29, 1.82) is 0 Å². The quantitative estimate of drug-likeness (QED) is 0.0950. The maximum absolute atomic E-state index is 11.7. The molecule has 280 valence electrons. The summed E-state index contributed by atoms with van der Waals surface area (Å²) in [4.78, 5) is 11.7. The standard InChI is InChI=1S/C23H32NO2.C20H29N2O.2BrH/c1-5-23(25)19-13-15-22(16-14-19)26-18-21-12-10-9-11-20(21)17-24(6-2,7-3)8-4;1-4-22(5-2,6-3)15-17-9-7-8-10-18(17)16-23-20-13-11-19(21)12-14-20;;/h9-16H,5-8,17-18H2,1-4H3;7-14H,4-6,15-16,21H2,1-3H3;2*1H/q2*+1;;/p-2. The summed E-state index contributed by atoms with van der Waals surface area (Å²) in [5, 5.41) is 0. The van der Waals surface area contributed by atoms with Crippen molar-refractivity contribution < 1.29 is 57.2 Å². The van der Waals surface area contributed by atoms with Crippen LogP contribution in [0.25, 0.3) is 0 Å². The van der Waals surface area contributed by atoms with E-state index in [0.717, 1.165) is 84.1 Å². The minimum atomic E-state index is 0. The van der Waals surface area contributed by atoms with E-state index in [-0.39, 0.29) is 39.7 Å². The van der Waals surface area contributed by atoms with Crippen molar-refractivity contribution >= 4 is 11.5 Å². The highest BCUT2D eigenvalue weighted by Gasteiger charge is 2.24. The Morgan fingerprint density at radius 2 is 0.843 bits per heavy atom. The summed E-state index contributed by atoms with van der Waals surface area (Å²) in [7, 11) is 0. The van der Waals surface area contributed by atoms with Gasteiger partial charge < -0.3 is 58.1 Å². The fourth-order valence-electron chi connectivity index (χ4n) is 6.27. The Kier molecular flexibility index (Phi) is 21.0. The number of hydrogen-bond acceptors (Lipinski definition) is 4. The van der Waals surface area contributed by atoms with Crippen LogP contribution in [0.2, 0.25) is 0 Å². The van der Waals surface area contributed by atoms with Crippen LogP contribution in [0.15, 0.2) is 97.1 Å². The number of carbonyl (C=O) groups is 1. The highest BCUT2D eigenvalue weighted by Crippen LogP contribution is 2.22. The van der Waals surface area contributed by atoms with Crippen LogP contribution in [0.4, 0.5) is 5.69 Å². The second kappa shape index (κ2) is 23.4. The summed E-state index contributed by atoms with van der Waals surface area (Å²) in [6.07, 6.45) is 0.528. The first kappa shape index (κ1) is 45.9. The lowest BCUT2D eigenvalue weighted by Crippen LogP contribution is -3.00. The average molecular weight is 828 g/mol. The maximum atomic E-state index is 11.7. The lowest BCUT2D eigenvalue weighted by Gasteiger charge is -2.36. The molecule has 8 heteroatoms. The van der Waals surface area contributed by atoms with Crippen molar-refractivity contribution in [3.63, 3.8) is 0 Å². The molecule has 4 rings (SSSR count). The molecule has 0 spiro atoms. The number of quaternary nitrogens is 2. The first-order chi connectivity index (χ1) is 23.7. The predicted molar refractivity (Wildman–Crippen MR) is 205 cm³/mol. The summed E-state index contributed by atoms with van der Waals surface area (Å²) in [6.45, 7) is 25.6. The summed E-state index contributed by atoms with van der Waals surface area (Å²) in [5.41, 5.74) is 12.5. The van der Waals surface area contributed by atoms with Gasteiger partial charge >= 0.3 is 0 Å². The number of Topliss-reactive ketones (excluding diaryl/α,β-unsaturated/α-hetero) is 1. The first-order valence-corrected chi connectivity index (χ1v) is 18.3. The second-order valence-electron chi connectivity index (χ2n) is 12.9. The molecule has 0 fully saturated rings. The monoisotopic (exact) mass is 825 g/mol. The molecule has 4 aromatic carbocycles. The molecule has 0 heterocycles. The van der Waals surface area contributed by atoms with Gasteiger partial charge in [-0.15, -0.1) is 0 Å². The number of hydrogen-bond donors (Lipinski definition) is 1. The van der Waals surface area contributed by atoms with E-state index in [1.165, 1.54) is 22.3 Å². The Morgan fingerprint density at radius 1 is 0.510 bits per heavy atom. The molecule has 0 aliphatic heterocycles. The molecule has 4 aromatic rings. The van der Waals surface area contributed by atoms with Gasteiger partial charge in [-0.2, -0.15) is 0 Å². The fourth-order valence-corrected chi connectivity index (χ4v) is 6.27. The third-order valence-electron chi connectivity index (χ3n) is 10.4. The molecular weight excluding hydrogens is 766 g/mol. The molecule has 0 atom stereocenters. The van der Waals surface area contributed by atoms with Crippen LogP contribution >= 0.6 is 0 Å². The molecule has 0 amide bonds. The van der Waals surface area contributed by atoms with Crippen LogP contribution in [-0.2, 0) is 26.3 Å². The molecule has 0 saturated heterocycles. The average Bonchev–Trinajstić information content (AvgIpc) is 3.16. The number of benzene rings is 4. The SMILES string of the molecule is CCC(=O)c1ccc(OCc2ccccc2C[N+](CC)(CC)CC)cc1.CC[N+](CC)(CC)Cc1ccccc1COc1ccc(N)cc1.[Br-].[Br-]. The number of ketones is 1. The molecule has 0 aromatic heterocycles. The maximum Gasteiger partial charge on any atom is 0.162 e. The lowest BCUT2D eigenvalue weighted by atomic mass is 10.1. The van der Waals surface area contributed by atoms with E-state index in [4.69, 9.17) is 15.2 Å². The Labute approximate surface area is 329 Å². The Hall–Kier alpha value is -3.17. The van der Waals surface area contributed by atoms with Gasteiger partial charge in [0.15, 0.2) is 5.78 Å². The van der Waals surface area contributed by atoms with Crippen LogP contribution in [0.5, 0.6) is 11.5 Å². The van der Waals surface area contributed by atoms with Gasteiger partial charge in [0.25, 0.3) is 0 Å². The van der Waals surface area contributed by atoms with Gasteiger partial charge in [0, 0.05) is 28.8 Å². The van der Waals surface area contributed by atoms with Crippen molar-refractivity contribution in [2.45, 2.75) is 81.2 Å². The zero-order valence-corrected chi connectivity index (χ0v) is 35.1. The largest absolute Gasteiger partial charge is 1.00 e. The van der Waals surface area contributed by atoms with Gasteiger partial charge in [-0.25, -0.2) is 0 Å². The Balaban J connectivity index is 0.000000494. The molecule has 0 unspecified atom stereocenters. The zero-order valence-electron chi connectivity index (χ0n) is 32.0. The zero-order chi connectivity index (χ0) is 35.7. The normalized spacial score (nSPS) is 11.0. The third kappa shape index (κ3) is 13.7. The van der Waals surface area contributed by atoms with Crippen molar-refractivity contribution in [3.05, 3.63) is 125 Å².